The number of benzene rings is 3. The molecule has 0 saturated heterocycles. The summed E-state index contributed by atoms with van der Waals surface area (Å²) < 4.78 is 14.8. The largest absolute Gasteiger partial charge is 0.329 e. The van der Waals surface area contributed by atoms with Crippen LogP contribution in [-0.2, 0) is 6.54 Å². The van der Waals surface area contributed by atoms with E-state index in [2.05, 4.69) is 5.10 Å². The van der Waals surface area contributed by atoms with Gasteiger partial charge in [0.1, 0.15) is 11.5 Å². The minimum atomic E-state index is -0.444. The van der Waals surface area contributed by atoms with E-state index in [1.54, 1.807) is 24.1 Å². The maximum atomic E-state index is 13.5. The van der Waals surface area contributed by atoms with E-state index in [-0.39, 0.29) is 29.5 Å². The van der Waals surface area contributed by atoms with Crippen LogP contribution in [0.15, 0.2) is 102 Å². The van der Waals surface area contributed by atoms with E-state index >= 15 is 0 Å². The molecular formula is C26H22FN3O2. The molecule has 1 unspecified atom stereocenters. The van der Waals surface area contributed by atoms with Crippen molar-refractivity contribution in [3.05, 3.63) is 136 Å². The Labute approximate surface area is 185 Å². The smallest absolute Gasteiger partial charge is 0.274 e. The first-order chi connectivity index (χ1) is 15.5. The summed E-state index contributed by atoms with van der Waals surface area (Å²) in [5.41, 5.74) is 2.43. The fourth-order valence-corrected chi connectivity index (χ4v) is 3.65. The first-order valence-corrected chi connectivity index (χ1v) is 10.2. The zero-order chi connectivity index (χ0) is 22.5. The summed E-state index contributed by atoms with van der Waals surface area (Å²) in [6.07, 6.45) is 0. The number of hydrogen-bond acceptors (Lipinski definition) is 3. The van der Waals surface area contributed by atoms with Crippen LogP contribution in [-0.4, -0.2) is 27.6 Å². The fourth-order valence-electron chi connectivity index (χ4n) is 3.65. The summed E-state index contributed by atoms with van der Waals surface area (Å²) >= 11 is 0. The minimum absolute atomic E-state index is 0.158. The summed E-state index contributed by atoms with van der Waals surface area (Å²) in [5, 5.41) is 4.33. The van der Waals surface area contributed by atoms with E-state index in [1.807, 2.05) is 60.7 Å². The molecule has 0 bridgehead atoms. The van der Waals surface area contributed by atoms with Crippen molar-refractivity contribution in [1.29, 1.82) is 0 Å². The van der Waals surface area contributed by atoms with Gasteiger partial charge in [-0.15, -0.1) is 0 Å². The molecule has 0 spiro atoms. The molecule has 0 aliphatic carbocycles. The number of carbonyl (C=O) groups excluding carboxylic acids is 1. The Bertz CT molecular complexity index is 1260. The van der Waals surface area contributed by atoms with Gasteiger partial charge in [-0.05, 0) is 34.9 Å². The molecule has 0 N–H and O–H groups in total. The molecule has 3 aromatic carbocycles. The van der Waals surface area contributed by atoms with Crippen LogP contribution in [0.4, 0.5) is 4.39 Å². The Morgan fingerprint density at radius 1 is 0.875 bits per heavy atom. The maximum Gasteiger partial charge on any atom is 0.274 e. The molecule has 0 aliphatic heterocycles. The van der Waals surface area contributed by atoms with Gasteiger partial charge in [0.2, 0.25) is 0 Å². The molecule has 32 heavy (non-hydrogen) atoms. The summed E-state index contributed by atoms with van der Waals surface area (Å²) in [4.78, 5) is 27.3. The first-order valence-electron chi connectivity index (χ1n) is 10.2. The van der Waals surface area contributed by atoms with Crippen molar-refractivity contribution in [3.8, 4) is 0 Å². The van der Waals surface area contributed by atoms with Crippen LogP contribution in [0.25, 0.3) is 0 Å². The highest BCUT2D eigenvalue weighted by atomic mass is 19.1. The number of amides is 1. The topological polar surface area (TPSA) is 55.2 Å². The van der Waals surface area contributed by atoms with Crippen LogP contribution in [0.1, 0.15) is 33.2 Å². The third-order valence-electron chi connectivity index (χ3n) is 5.27. The monoisotopic (exact) mass is 427 g/mol. The minimum Gasteiger partial charge on any atom is -0.329 e. The molecule has 0 radical (unpaired) electrons. The zero-order valence-electron chi connectivity index (χ0n) is 17.6. The van der Waals surface area contributed by atoms with E-state index in [0.29, 0.717) is 0 Å². The van der Waals surface area contributed by atoms with Crippen molar-refractivity contribution in [2.45, 2.75) is 12.6 Å². The second-order valence-corrected chi connectivity index (χ2v) is 7.48. The van der Waals surface area contributed by atoms with Crippen molar-refractivity contribution >= 4 is 5.91 Å². The lowest BCUT2D eigenvalue weighted by Gasteiger charge is -2.29. The highest BCUT2D eigenvalue weighted by molar-refractivity contribution is 5.92. The van der Waals surface area contributed by atoms with Gasteiger partial charge >= 0.3 is 0 Å². The second kappa shape index (κ2) is 9.39. The van der Waals surface area contributed by atoms with Crippen molar-refractivity contribution < 1.29 is 9.18 Å². The van der Waals surface area contributed by atoms with Gasteiger partial charge in [0.25, 0.3) is 11.5 Å². The van der Waals surface area contributed by atoms with Crippen LogP contribution in [0.5, 0.6) is 0 Å². The Morgan fingerprint density at radius 3 is 2.12 bits per heavy atom. The molecule has 0 aliphatic rings. The highest BCUT2D eigenvalue weighted by Crippen LogP contribution is 2.28. The zero-order valence-corrected chi connectivity index (χ0v) is 17.6. The van der Waals surface area contributed by atoms with E-state index in [9.17, 15) is 14.0 Å². The van der Waals surface area contributed by atoms with Crippen LogP contribution in [0.3, 0.4) is 0 Å². The van der Waals surface area contributed by atoms with Gasteiger partial charge in [0.05, 0.1) is 12.6 Å². The molecule has 4 aromatic rings. The summed E-state index contributed by atoms with van der Waals surface area (Å²) in [6, 6.07) is 27.4. The van der Waals surface area contributed by atoms with Gasteiger partial charge < -0.3 is 4.90 Å². The van der Waals surface area contributed by atoms with Gasteiger partial charge in [-0.25, -0.2) is 9.07 Å². The quantitative estimate of drug-likeness (QED) is 0.461. The molecule has 1 aromatic heterocycles. The van der Waals surface area contributed by atoms with Crippen molar-refractivity contribution in [2.24, 2.45) is 0 Å². The van der Waals surface area contributed by atoms with Gasteiger partial charge in [0.15, 0.2) is 0 Å². The summed E-state index contributed by atoms with van der Waals surface area (Å²) in [7, 11) is 1.68. The summed E-state index contributed by atoms with van der Waals surface area (Å²) in [6.45, 7) is 0.268. The van der Waals surface area contributed by atoms with Gasteiger partial charge in [0, 0.05) is 13.1 Å². The van der Waals surface area contributed by atoms with E-state index in [4.69, 9.17) is 0 Å². The molecule has 1 heterocycles. The molecule has 4 rings (SSSR count). The van der Waals surface area contributed by atoms with Crippen LogP contribution >= 0.6 is 0 Å². The summed E-state index contributed by atoms with van der Waals surface area (Å²) in [5.74, 6) is -0.686. The number of carbonyl (C=O) groups is 1. The number of aromatic nitrogens is 2. The Balaban J connectivity index is 1.68. The van der Waals surface area contributed by atoms with Crippen molar-refractivity contribution in [3.63, 3.8) is 0 Å². The van der Waals surface area contributed by atoms with Crippen molar-refractivity contribution in [1.82, 2.24) is 14.7 Å². The number of nitrogens with zero attached hydrogens (tertiary/aromatic N) is 3. The molecular weight excluding hydrogens is 405 g/mol. The van der Waals surface area contributed by atoms with E-state index < -0.39 is 6.04 Å². The highest BCUT2D eigenvalue weighted by Gasteiger charge is 2.25. The van der Waals surface area contributed by atoms with Gasteiger partial charge in [-0.2, -0.15) is 5.10 Å². The standard InChI is InChI=1S/C26H22FN3O2/c1-29(25(20-10-6-3-7-11-20)21-12-14-22(27)15-13-21)26(32)23-16-17-24(31)30(28-23)18-19-8-4-2-5-9-19/h2-17,25H,18H2,1H3. The Morgan fingerprint density at radius 2 is 1.47 bits per heavy atom. The predicted octanol–water partition coefficient (Wildman–Crippen LogP) is 4.29. The second-order valence-electron chi connectivity index (χ2n) is 7.48. The number of halogens is 1. The fraction of sp³-hybridized carbons (Fsp3) is 0.115. The predicted molar refractivity (Wildman–Crippen MR) is 121 cm³/mol. The molecule has 0 fully saturated rings. The maximum absolute atomic E-state index is 13.5. The lowest BCUT2D eigenvalue weighted by molar-refractivity contribution is 0.0746. The number of rotatable bonds is 6. The Kier molecular flexibility index (Phi) is 6.22. The normalized spacial score (nSPS) is 11.7. The first kappa shape index (κ1) is 21.2. The Hall–Kier alpha value is -4.06. The van der Waals surface area contributed by atoms with Gasteiger partial charge in [-0.3, -0.25) is 9.59 Å². The van der Waals surface area contributed by atoms with E-state index in [1.165, 1.54) is 28.9 Å². The van der Waals surface area contributed by atoms with Gasteiger partial charge in [-0.1, -0.05) is 72.8 Å². The molecule has 160 valence electrons. The lowest BCUT2D eigenvalue weighted by atomic mass is 9.97. The van der Waals surface area contributed by atoms with Crippen molar-refractivity contribution in [2.75, 3.05) is 7.05 Å². The molecule has 5 nitrogen and oxygen atoms in total. The third kappa shape index (κ3) is 4.64. The SMILES string of the molecule is CN(C(=O)c1ccc(=O)n(Cc2ccccc2)n1)C(c1ccccc1)c1ccc(F)cc1. The molecule has 1 amide bonds. The van der Waals surface area contributed by atoms with Crippen LogP contribution < -0.4 is 5.56 Å². The van der Waals surface area contributed by atoms with Crippen LogP contribution in [0, 0.1) is 5.82 Å². The number of hydrogen-bond donors (Lipinski definition) is 0. The van der Waals surface area contributed by atoms with Crippen LogP contribution in [0.2, 0.25) is 0 Å². The lowest BCUT2D eigenvalue weighted by Crippen LogP contribution is -2.34. The average Bonchev–Trinajstić information content (AvgIpc) is 2.83. The van der Waals surface area contributed by atoms with E-state index in [0.717, 1.165) is 16.7 Å². The molecule has 0 saturated carbocycles. The average molecular weight is 427 g/mol. The molecule has 6 heteroatoms. The third-order valence-corrected chi connectivity index (χ3v) is 5.27. The molecule has 1 atom stereocenters.